The third-order valence-corrected chi connectivity index (χ3v) is 21.2. The maximum atomic E-state index is 13.3. The molecule has 9 aliphatic rings. The summed E-state index contributed by atoms with van der Waals surface area (Å²) >= 11 is 0. The van der Waals surface area contributed by atoms with Gasteiger partial charge in [0.15, 0.2) is 11.6 Å². The second-order valence-electron chi connectivity index (χ2n) is 27.5. The predicted octanol–water partition coefficient (Wildman–Crippen LogP) is 11.5. The Kier molecular flexibility index (Phi) is 19.0. The minimum absolute atomic E-state index is 0.0570. The fourth-order valence-electron chi connectivity index (χ4n) is 16.8. The van der Waals surface area contributed by atoms with Crippen molar-refractivity contribution in [2.24, 2.45) is 35.5 Å². The van der Waals surface area contributed by atoms with Crippen molar-refractivity contribution in [3.05, 3.63) is 83.2 Å². The highest BCUT2D eigenvalue weighted by Gasteiger charge is 2.62. The molecule has 12 atom stereocenters. The number of hydrogen-bond acceptors (Lipinski definition) is 16. The predicted molar refractivity (Wildman–Crippen MR) is 333 cm³/mol. The van der Waals surface area contributed by atoms with Gasteiger partial charge in [0.1, 0.15) is 18.2 Å². The number of hydrogen-bond donors (Lipinski definition) is 3. The van der Waals surface area contributed by atoms with Crippen molar-refractivity contribution in [3.63, 3.8) is 0 Å². The van der Waals surface area contributed by atoms with Crippen LogP contribution in [0.5, 0.6) is 5.75 Å². The fraction of sp³-hybridized carbons (Fsp3) is 0.636. The van der Waals surface area contributed by atoms with E-state index in [2.05, 4.69) is 77.9 Å². The monoisotopic (exact) mass is 1340 g/mol. The molecule has 9 heterocycles. The number of nitrogen functional groups attached to an aromatic ring is 3. The van der Waals surface area contributed by atoms with E-state index in [4.69, 9.17) is 41.6 Å². The summed E-state index contributed by atoms with van der Waals surface area (Å²) in [6.07, 6.45) is 0.171. The molecular weight excluding hydrogens is 1260 g/mol. The van der Waals surface area contributed by atoms with Crippen LogP contribution in [0.15, 0.2) is 55.0 Å². The molecule has 6 N–H and O–H groups in total. The van der Waals surface area contributed by atoms with Crippen LogP contribution in [0.2, 0.25) is 0 Å². The smallest absolute Gasteiger partial charge is 0.419 e. The van der Waals surface area contributed by atoms with Gasteiger partial charge in [0.2, 0.25) is 0 Å². The van der Waals surface area contributed by atoms with Crippen molar-refractivity contribution in [3.8, 4) is 39.5 Å². The molecule has 3 aliphatic heterocycles. The van der Waals surface area contributed by atoms with Gasteiger partial charge in [0.25, 0.3) is 6.43 Å². The van der Waals surface area contributed by atoms with Crippen LogP contribution in [0.1, 0.15) is 131 Å². The number of alkyl halides is 10. The maximum absolute atomic E-state index is 13.3. The number of fused-ring (bicyclic) bond motifs is 3. The largest absolute Gasteiger partial charge is 0.431 e. The SMILES string of the molecule is CC(C)n1nc(-c2cnc(N)c(C(F)(F)F)c2)cc1[C@@H]1[C@H]2CC[C@@H](N3CCOCC3)[C@H]21.CC(C)n1nc(-c2cnc(N)c(OC(F)F)c2)cc1C1[C@H]2CC(N3CCOCC3)C[C@@H]12.Nc1ncc(-c2cc(C3[C@H]4CC(N5CCCOCC5)C[C@@H]34)n(CC(F)F)n2)cc1C(F)(F)F. The highest BCUT2D eigenvalue weighted by molar-refractivity contribution is 5.66. The van der Waals surface area contributed by atoms with E-state index < -0.39 is 54.7 Å². The van der Waals surface area contributed by atoms with Gasteiger partial charge in [-0.25, -0.2) is 23.7 Å². The molecule has 0 aromatic carbocycles. The first kappa shape index (κ1) is 66.9. The fourth-order valence-corrected chi connectivity index (χ4v) is 16.8. The average molecular weight is 1340 g/mol. The summed E-state index contributed by atoms with van der Waals surface area (Å²) in [5.74, 6) is 3.09. The summed E-state index contributed by atoms with van der Waals surface area (Å²) in [6.45, 7) is 15.5. The lowest BCUT2D eigenvalue weighted by Crippen LogP contribution is -2.44. The minimum atomic E-state index is -4.66. The van der Waals surface area contributed by atoms with Gasteiger partial charge in [0, 0.05) is 146 Å². The number of nitrogens with zero attached hydrogens (tertiary/aromatic N) is 12. The highest BCUT2D eigenvalue weighted by Crippen LogP contribution is 2.67. The zero-order valence-corrected chi connectivity index (χ0v) is 53.6. The van der Waals surface area contributed by atoms with Crippen molar-refractivity contribution < 1.29 is 62.9 Å². The van der Waals surface area contributed by atoms with E-state index in [-0.39, 0.29) is 40.8 Å². The molecule has 29 heteroatoms. The van der Waals surface area contributed by atoms with Gasteiger partial charge in [-0.05, 0) is 145 Å². The number of halogens is 10. The standard InChI is InChI=1S/C22H26F5N5O.C22H28F3N5O.C22H29F2N5O2/c23-19(24)11-32-18(9-17(30-32)12-6-16(22(25,26)27)21(28)29-10-12)20-14-7-13(8-15(14)20)31-2-1-4-33-5-3-31;1-12(2)30-18(20-14-3-4-17(19(14)20)29-5-7-31-8-6-29)10-16(28-30)13-9-15(22(23,24)25)21(26)27-11-13;1-12(2)29-18(20-15-8-14(9-16(15)20)28-3-5-30-6-4-28)10-17(27-29)13-7-19(31-22(23)24)21(25)26-11-13/h6,9-10,13-15,19-20H,1-5,7-8,11H2,(H2,28,29);9-12,14,17,19-20H,3-8H2,1-2H3,(H2,26,27);7,10-12,14-16,20,22H,3-6,8-9H2,1-2H3,(H2,25,26)/t13?,14-,15+,20?;14-,17+,19-,20-;14?,15-,16+,20?/m.0./s1. The van der Waals surface area contributed by atoms with Gasteiger partial charge in [-0.3, -0.25) is 28.7 Å². The topological polar surface area (TPSA) is 217 Å². The van der Waals surface area contributed by atoms with Crippen molar-refractivity contribution in [1.29, 1.82) is 0 Å². The lowest BCUT2D eigenvalue weighted by Gasteiger charge is -2.33. The Labute approximate surface area is 544 Å². The van der Waals surface area contributed by atoms with Gasteiger partial charge < -0.3 is 36.1 Å². The molecule has 6 saturated carbocycles. The summed E-state index contributed by atoms with van der Waals surface area (Å²) in [7, 11) is 0. The molecule has 0 amide bonds. The molecule has 95 heavy (non-hydrogen) atoms. The lowest BCUT2D eigenvalue weighted by molar-refractivity contribution is -0.137. The summed E-state index contributed by atoms with van der Waals surface area (Å²) in [4.78, 5) is 19.1. The first-order chi connectivity index (χ1) is 45.4. The Hall–Kier alpha value is -6.66. The van der Waals surface area contributed by atoms with Crippen LogP contribution >= 0.6 is 0 Å². The van der Waals surface area contributed by atoms with E-state index in [1.807, 2.05) is 10.7 Å². The second-order valence-corrected chi connectivity index (χ2v) is 27.5. The number of morpholine rings is 2. The molecule has 6 aliphatic carbocycles. The first-order valence-electron chi connectivity index (χ1n) is 33.3. The molecule has 0 spiro atoms. The molecule has 6 aromatic rings. The van der Waals surface area contributed by atoms with Gasteiger partial charge in [-0.1, -0.05) is 0 Å². The Morgan fingerprint density at radius 1 is 0.505 bits per heavy atom. The van der Waals surface area contributed by atoms with Gasteiger partial charge in [-0.15, -0.1) is 0 Å². The molecule has 19 nitrogen and oxygen atoms in total. The Balaban J connectivity index is 0.000000129. The number of anilines is 3. The van der Waals surface area contributed by atoms with Crippen LogP contribution in [0, 0.1) is 35.5 Å². The summed E-state index contributed by atoms with van der Waals surface area (Å²) in [6, 6.07) is 11.2. The van der Waals surface area contributed by atoms with E-state index in [0.29, 0.717) is 93.7 Å². The first-order valence-corrected chi connectivity index (χ1v) is 33.3. The lowest BCUT2D eigenvalue weighted by atomic mass is 10.0. The van der Waals surface area contributed by atoms with E-state index in [1.165, 1.54) is 54.5 Å². The molecular formula is C66H83F10N15O4. The number of ether oxygens (including phenoxy) is 4. The zero-order chi connectivity index (χ0) is 66.9. The number of pyridine rings is 3. The van der Waals surface area contributed by atoms with Crippen molar-refractivity contribution in [2.75, 3.05) is 96.1 Å². The average Bonchev–Trinajstić information content (AvgIpc) is 1.57. The molecule has 15 rings (SSSR count). The second kappa shape index (κ2) is 27.0. The van der Waals surface area contributed by atoms with Crippen LogP contribution in [0.25, 0.3) is 33.8 Å². The number of rotatable bonds is 15. The molecule has 9 fully saturated rings. The van der Waals surface area contributed by atoms with Gasteiger partial charge >= 0.3 is 19.0 Å². The van der Waals surface area contributed by atoms with Crippen molar-refractivity contribution in [1.82, 2.24) is 59.0 Å². The summed E-state index contributed by atoms with van der Waals surface area (Å²) in [5, 5.41) is 13.7. The number of nitrogens with two attached hydrogens (primary N) is 3. The van der Waals surface area contributed by atoms with Crippen molar-refractivity contribution >= 4 is 17.5 Å². The third-order valence-electron chi connectivity index (χ3n) is 21.2. The normalized spacial score (nSPS) is 28.4. The molecule has 4 unspecified atom stereocenters. The Morgan fingerprint density at radius 2 is 0.937 bits per heavy atom. The molecule has 516 valence electrons. The van der Waals surface area contributed by atoms with E-state index in [9.17, 15) is 43.9 Å². The van der Waals surface area contributed by atoms with Crippen LogP contribution in [-0.4, -0.2) is 169 Å². The number of aromatic nitrogens is 9. The van der Waals surface area contributed by atoms with Gasteiger partial charge in [-0.2, -0.15) is 50.4 Å². The van der Waals surface area contributed by atoms with Crippen molar-refractivity contribution in [2.45, 2.75) is 153 Å². The highest BCUT2D eigenvalue weighted by atomic mass is 19.4. The minimum Gasteiger partial charge on any atom is -0.431 e. The van der Waals surface area contributed by atoms with E-state index >= 15 is 0 Å². The van der Waals surface area contributed by atoms with Crippen LogP contribution in [0.3, 0.4) is 0 Å². The Bertz CT molecular complexity index is 3630. The van der Waals surface area contributed by atoms with Gasteiger partial charge in [0.05, 0.1) is 61.2 Å². The van der Waals surface area contributed by atoms with Crippen LogP contribution < -0.4 is 21.9 Å². The Morgan fingerprint density at radius 3 is 1.42 bits per heavy atom. The third kappa shape index (κ3) is 14.1. The van der Waals surface area contributed by atoms with E-state index in [0.717, 1.165) is 116 Å². The maximum Gasteiger partial charge on any atom is 0.419 e. The zero-order valence-electron chi connectivity index (χ0n) is 53.6. The van der Waals surface area contributed by atoms with Crippen LogP contribution in [0.4, 0.5) is 61.4 Å². The molecule has 6 aromatic heterocycles. The molecule has 0 radical (unpaired) electrons. The quantitative estimate of drug-likeness (QED) is 0.0815. The van der Waals surface area contributed by atoms with Crippen LogP contribution in [-0.2, 0) is 33.1 Å². The molecule has 3 saturated heterocycles. The van der Waals surface area contributed by atoms with E-state index in [1.54, 1.807) is 12.3 Å². The molecule has 0 bridgehead atoms. The summed E-state index contributed by atoms with van der Waals surface area (Å²) < 4.78 is 158. The summed E-state index contributed by atoms with van der Waals surface area (Å²) in [5.41, 5.74) is 20.1.